The van der Waals surface area contributed by atoms with Crippen LogP contribution in [0, 0.1) is 0 Å². The van der Waals surface area contributed by atoms with Crippen LogP contribution in [0.1, 0.15) is 6.42 Å². The first-order valence-corrected chi connectivity index (χ1v) is 7.97. The van der Waals surface area contributed by atoms with Crippen molar-refractivity contribution in [2.45, 2.75) is 12.5 Å². The van der Waals surface area contributed by atoms with Gasteiger partial charge in [0.05, 0.1) is 6.04 Å². The Kier molecular flexibility index (Phi) is 3.51. The van der Waals surface area contributed by atoms with Crippen molar-refractivity contribution in [3.63, 3.8) is 0 Å². The number of anilines is 2. The summed E-state index contributed by atoms with van der Waals surface area (Å²) in [6, 6.07) is 11.4. The molecule has 1 saturated heterocycles. The number of nitrogens with zero attached hydrogens (tertiary/aromatic N) is 4. The highest BCUT2D eigenvalue weighted by atomic mass is 32.1. The summed E-state index contributed by atoms with van der Waals surface area (Å²) >= 11 is 1.39. The van der Waals surface area contributed by atoms with Gasteiger partial charge in [-0.2, -0.15) is 0 Å². The Balaban J connectivity index is 1.45. The Morgan fingerprint density at radius 3 is 2.87 bits per heavy atom. The molecule has 1 aliphatic heterocycles. The predicted molar refractivity (Wildman–Crippen MR) is 86.2 cm³/mol. The maximum absolute atomic E-state index is 12.2. The fourth-order valence-electron chi connectivity index (χ4n) is 2.54. The maximum Gasteiger partial charge on any atom is 0.229 e. The Morgan fingerprint density at radius 2 is 2.09 bits per heavy atom. The Morgan fingerprint density at radius 1 is 1.22 bits per heavy atom. The second kappa shape index (κ2) is 5.81. The van der Waals surface area contributed by atoms with Crippen molar-refractivity contribution in [2.75, 3.05) is 16.8 Å². The third-order valence-electron chi connectivity index (χ3n) is 3.60. The lowest BCUT2D eigenvalue weighted by Gasteiger charge is -2.16. The minimum atomic E-state index is 0.0146. The molecule has 8 heteroatoms. The predicted octanol–water partition coefficient (Wildman–Crippen LogP) is 2.41. The smallest absolute Gasteiger partial charge is 0.229 e. The van der Waals surface area contributed by atoms with Crippen LogP contribution < -0.4 is 10.2 Å². The fraction of sp³-hybridized carbons (Fsp3) is 0.200. The van der Waals surface area contributed by atoms with E-state index in [9.17, 15) is 4.79 Å². The molecular formula is C15H13N5O2S. The molecule has 1 amide bonds. The van der Waals surface area contributed by atoms with Gasteiger partial charge in [0.1, 0.15) is 12.0 Å². The molecule has 3 aromatic rings. The first kappa shape index (κ1) is 13.9. The first-order chi connectivity index (χ1) is 11.3. The van der Waals surface area contributed by atoms with E-state index in [4.69, 9.17) is 4.52 Å². The van der Waals surface area contributed by atoms with Gasteiger partial charge in [0.2, 0.25) is 11.0 Å². The van der Waals surface area contributed by atoms with Gasteiger partial charge in [-0.3, -0.25) is 4.79 Å². The van der Waals surface area contributed by atoms with Crippen molar-refractivity contribution >= 4 is 28.1 Å². The number of aromatic nitrogens is 3. The molecule has 0 bridgehead atoms. The molecule has 4 rings (SSSR count). The van der Waals surface area contributed by atoms with Crippen molar-refractivity contribution in [3.05, 3.63) is 42.7 Å². The van der Waals surface area contributed by atoms with Crippen molar-refractivity contribution in [1.82, 2.24) is 15.4 Å². The normalized spacial score (nSPS) is 17.7. The van der Waals surface area contributed by atoms with Crippen LogP contribution >= 0.6 is 11.3 Å². The van der Waals surface area contributed by atoms with Gasteiger partial charge in [0.15, 0.2) is 5.01 Å². The largest absolute Gasteiger partial charge is 0.364 e. The van der Waals surface area contributed by atoms with E-state index in [1.807, 2.05) is 30.3 Å². The van der Waals surface area contributed by atoms with E-state index in [-0.39, 0.29) is 11.9 Å². The average Bonchev–Trinajstić information content (AvgIpc) is 3.29. The monoisotopic (exact) mass is 327 g/mol. The number of hydrogen-bond donors (Lipinski definition) is 1. The molecule has 2 aromatic heterocycles. The van der Waals surface area contributed by atoms with Gasteiger partial charge in [-0.1, -0.05) is 34.7 Å². The molecule has 1 aromatic carbocycles. The highest BCUT2D eigenvalue weighted by Gasteiger charge is 2.31. The number of amides is 1. The molecule has 0 radical (unpaired) electrons. The van der Waals surface area contributed by atoms with Crippen molar-refractivity contribution in [3.8, 4) is 10.7 Å². The molecule has 7 nitrogen and oxygen atoms in total. The second-order valence-electron chi connectivity index (χ2n) is 5.18. The molecule has 0 aliphatic carbocycles. The summed E-state index contributed by atoms with van der Waals surface area (Å²) in [5, 5.41) is 16.7. The number of carbonyl (C=O) groups excluding carboxylic acids is 1. The zero-order valence-corrected chi connectivity index (χ0v) is 12.9. The molecule has 1 unspecified atom stereocenters. The van der Waals surface area contributed by atoms with E-state index in [0.717, 1.165) is 5.69 Å². The lowest BCUT2D eigenvalue weighted by Crippen LogP contribution is -2.27. The topological polar surface area (TPSA) is 84.2 Å². The molecule has 23 heavy (non-hydrogen) atoms. The van der Waals surface area contributed by atoms with Crippen molar-refractivity contribution < 1.29 is 9.32 Å². The van der Waals surface area contributed by atoms with Crippen LogP contribution in [0.3, 0.4) is 0 Å². The lowest BCUT2D eigenvalue weighted by molar-refractivity contribution is -0.117. The fourth-order valence-corrected chi connectivity index (χ4v) is 3.33. The van der Waals surface area contributed by atoms with Crippen LogP contribution in [-0.4, -0.2) is 33.8 Å². The minimum absolute atomic E-state index is 0.0146. The van der Waals surface area contributed by atoms with Crippen LogP contribution in [-0.2, 0) is 4.79 Å². The number of benzene rings is 1. The Bertz CT molecular complexity index is 802. The number of rotatable bonds is 4. The quantitative estimate of drug-likeness (QED) is 0.792. The summed E-state index contributed by atoms with van der Waals surface area (Å²) in [4.78, 5) is 14.0. The maximum atomic E-state index is 12.2. The van der Waals surface area contributed by atoms with Gasteiger partial charge in [-0.05, 0) is 12.1 Å². The number of hydrogen-bond acceptors (Lipinski definition) is 7. The highest BCUT2D eigenvalue weighted by Crippen LogP contribution is 2.28. The summed E-state index contributed by atoms with van der Waals surface area (Å²) in [7, 11) is 0. The van der Waals surface area contributed by atoms with Gasteiger partial charge in [-0.25, -0.2) is 0 Å². The first-order valence-electron chi connectivity index (χ1n) is 7.16. The van der Waals surface area contributed by atoms with Crippen molar-refractivity contribution in [1.29, 1.82) is 0 Å². The van der Waals surface area contributed by atoms with E-state index in [1.165, 1.54) is 17.6 Å². The van der Waals surface area contributed by atoms with E-state index in [1.54, 1.807) is 11.0 Å². The SMILES string of the molecule is O=C1CC(Nc2nnc(-c3ccon3)s2)CN1c1ccccc1. The zero-order valence-electron chi connectivity index (χ0n) is 12.0. The van der Waals surface area contributed by atoms with Gasteiger partial charge in [0.25, 0.3) is 0 Å². The lowest BCUT2D eigenvalue weighted by atomic mass is 10.3. The number of carbonyl (C=O) groups is 1. The molecule has 1 fully saturated rings. The molecule has 0 spiro atoms. The molecule has 1 N–H and O–H groups in total. The Labute approximate surface area is 135 Å². The highest BCUT2D eigenvalue weighted by molar-refractivity contribution is 7.18. The second-order valence-corrected chi connectivity index (χ2v) is 6.16. The van der Waals surface area contributed by atoms with Crippen LogP contribution in [0.4, 0.5) is 10.8 Å². The van der Waals surface area contributed by atoms with E-state index >= 15 is 0 Å². The summed E-state index contributed by atoms with van der Waals surface area (Å²) in [6.45, 7) is 0.613. The third-order valence-corrected chi connectivity index (χ3v) is 4.48. The zero-order chi connectivity index (χ0) is 15.6. The third kappa shape index (κ3) is 2.80. The van der Waals surface area contributed by atoms with Crippen LogP contribution in [0.2, 0.25) is 0 Å². The Hall–Kier alpha value is -2.74. The molecule has 1 aliphatic rings. The number of para-hydroxylation sites is 1. The summed E-state index contributed by atoms with van der Waals surface area (Å²) < 4.78 is 4.81. The standard InChI is InChI=1S/C15H13N5O2S/c21-13-8-10(9-20(13)11-4-2-1-3-5-11)16-15-18-17-14(23-15)12-6-7-22-19-12/h1-7,10H,8-9H2,(H,16,18). The van der Waals surface area contributed by atoms with Crippen LogP contribution in [0.15, 0.2) is 47.2 Å². The van der Waals surface area contributed by atoms with Crippen molar-refractivity contribution in [2.24, 2.45) is 0 Å². The summed E-state index contributed by atoms with van der Waals surface area (Å²) in [5.74, 6) is 0.106. The van der Waals surface area contributed by atoms with Gasteiger partial charge in [-0.15, -0.1) is 10.2 Å². The van der Waals surface area contributed by atoms with Gasteiger partial charge >= 0.3 is 0 Å². The van der Waals surface area contributed by atoms with E-state index < -0.39 is 0 Å². The summed E-state index contributed by atoms with van der Waals surface area (Å²) in [6.07, 6.45) is 1.94. The molecular weight excluding hydrogens is 314 g/mol. The van der Waals surface area contributed by atoms with Gasteiger partial charge in [0, 0.05) is 24.7 Å². The van der Waals surface area contributed by atoms with Crippen LogP contribution in [0.25, 0.3) is 10.7 Å². The minimum Gasteiger partial charge on any atom is -0.364 e. The molecule has 1 atom stereocenters. The average molecular weight is 327 g/mol. The van der Waals surface area contributed by atoms with E-state index in [0.29, 0.717) is 28.8 Å². The molecule has 0 saturated carbocycles. The molecule has 116 valence electrons. The summed E-state index contributed by atoms with van der Waals surface area (Å²) in [5.41, 5.74) is 1.58. The van der Waals surface area contributed by atoms with E-state index in [2.05, 4.69) is 20.7 Å². The molecule has 3 heterocycles. The number of nitrogens with one attached hydrogen (secondary N) is 1. The van der Waals surface area contributed by atoms with Crippen LogP contribution in [0.5, 0.6) is 0 Å². The van der Waals surface area contributed by atoms with Gasteiger partial charge < -0.3 is 14.7 Å².